The van der Waals surface area contributed by atoms with E-state index in [2.05, 4.69) is 27.9 Å². The van der Waals surface area contributed by atoms with Crippen LogP contribution in [0.1, 0.15) is 23.2 Å². The number of carbonyl (C=O) groups excluding carboxylic acids is 3. The average Bonchev–Trinajstić information content (AvgIpc) is 2.81. The summed E-state index contributed by atoms with van der Waals surface area (Å²) in [4.78, 5) is 42.6. The molecule has 0 saturated carbocycles. The zero-order chi connectivity index (χ0) is 22.2. The van der Waals surface area contributed by atoms with Crippen LogP contribution in [0.5, 0.6) is 0 Å². The Kier molecular flexibility index (Phi) is 7.48. The minimum atomic E-state index is -0.401. The first-order valence-corrected chi connectivity index (χ1v) is 10.4. The van der Waals surface area contributed by atoms with Crippen molar-refractivity contribution in [1.29, 1.82) is 0 Å². The predicted molar refractivity (Wildman–Crippen MR) is 121 cm³/mol. The Morgan fingerprint density at radius 2 is 1.48 bits per heavy atom. The van der Waals surface area contributed by atoms with Crippen molar-refractivity contribution in [2.45, 2.75) is 12.8 Å². The number of para-hydroxylation sites is 1. The van der Waals surface area contributed by atoms with Crippen molar-refractivity contribution in [3.05, 3.63) is 60.2 Å². The first kappa shape index (κ1) is 22.1. The second-order valence-electron chi connectivity index (χ2n) is 7.65. The summed E-state index contributed by atoms with van der Waals surface area (Å²) in [5, 5.41) is 0. The van der Waals surface area contributed by atoms with Crippen LogP contribution < -0.4 is 20.7 Å². The van der Waals surface area contributed by atoms with E-state index in [9.17, 15) is 14.4 Å². The van der Waals surface area contributed by atoms with E-state index in [1.165, 1.54) is 0 Å². The number of nitrogens with zero attached hydrogens (tertiary/aromatic N) is 3. The van der Waals surface area contributed by atoms with Crippen LogP contribution in [-0.2, 0) is 9.59 Å². The lowest BCUT2D eigenvalue weighted by Gasteiger charge is -2.36. The normalized spacial score (nSPS) is 13.5. The van der Waals surface area contributed by atoms with Gasteiger partial charge in [0.2, 0.25) is 11.8 Å². The van der Waals surface area contributed by atoms with Gasteiger partial charge in [0.25, 0.3) is 5.91 Å². The Morgan fingerprint density at radius 3 is 2.10 bits per heavy atom. The molecule has 2 N–H and O–H groups in total. The highest BCUT2D eigenvalue weighted by molar-refractivity contribution is 5.96. The van der Waals surface area contributed by atoms with Crippen molar-refractivity contribution in [3.8, 4) is 0 Å². The molecular weight excluding hydrogens is 394 g/mol. The molecule has 1 fully saturated rings. The van der Waals surface area contributed by atoms with Gasteiger partial charge in [-0.05, 0) is 36.4 Å². The maximum absolute atomic E-state index is 12.4. The fraction of sp³-hybridized carbons (Fsp3) is 0.348. The van der Waals surface area contributed by atoms with Gasteiger partial charge in [-0.1, -0.05) is 18.2 Å². The van der Waals surface area contributed by atoms with Crippen molar-refractivity contribution >= 4 is 29.1 Å². The van der Waals surface area contributed by atoms with Crippen LogP contribution in [0.25, 0.3) is 0 Å². The summed E-state index contributed by atoms with van der Waals surface area (Å²) >= 11 is 0. The third-order valence-electron chi connectivity index (χ3n) is 5.28. The summed E-state index contributed by atoms with van der Waals surface area (Å²) in [5.41, 5.74) is 7.34. The monoisotopic (exact) mass is 423 g/mol. The van der Waals surface area contributed by atoms with Crippen LogP contribution in [0.15, 0.2) is 54.6 Å². The number of carbonyl (C=O) groups is 3. The zero-order valence-corrected chi connectivity index (χ0v) is 18.0. The first-order chi connectivity index (χ1) is 14.9. The molecule has 8 nitrogen and oxygen atoms in total. The molecular formula is C23H29N5O3. The second-order valence-corrected chi connectivity index (χ2v) is 7.65. The lowest BCUT2D eigenvalue weighted by atomic mass is 10.2. The number of hydrogen-bond acceptors (Lipinski definition) is 5. The van der Waals surface area contributed by atoms with Crippen molar-refractivity contribution in [2.75, 3.05) is 50.1 Å². The molecule has 31 heavy (non-hydrogen) atoms. The van der Waals surface area contributed by atoms with Crippen molar-refractivity contribution in [2.24, 2.45) is 0 Å². The van der Waals surface area contributed by atoms with E-state index in [1.807, 2.05) is 49.3 Å². The van der Waals surface area contributed by atoms with E-state index in [0.717, 1.165) is 24.5 Å². The molecule has 1 heterocycles. The highest BCUT2D eigenvalue weighted by atomic mass is 16.2. The van der Waals surface area contributed by atoms with Gasteiger partial charge in [-0.25, -0.2) is 0 Å². The summed E-state index contributed by atoms with van der Waals surface area (Å²) in [7, 11) is 3.83. The number of benzene rings is 2. The van der Waals surface area contributed by atoms with Gasteiger partial charge >= 0.3 is 0 Å². The van der Waals surface area contributed by atoms with Gasteiger partial charge in [0.1, 0.15) is 0 Å². The SMILES string of the molecule is CN(C)c1ccc(C(=O)NNC(=O)CCC(=O)N2CCN(c3ccccc3)CC2)cc1. The summed E-state index contributed by atoms with van der Waals surface area (Å²) < 4.78 is 0. The Bertz CT molecular complexity index is 891. The van der Waals surface area contributed by atoms with Crippen LogP contribution in [-0.4, -0.2) is 62.9 Å². The van der Waals surface area contributed by atoms with Gasteiger partial charge in [-0.3, -0.25) is 25.2 Å². The largest absolute Gasteiger partial charge is 0.378 e. The number of piperazine rings is 1. The molecule has 164 valence electrons. The Morgan fingerprint density at radius 1 is 0.839 bits per heavy atom. The molecule has 3 amide bonds. The molecule has 0 aliphatic carbocycles. The van der Waals surface area contributed by atoms with Gasteiger partial charge in [0, 0.05) is 70.1 Å². The molecule has 0 spiro atoms. The van der Waals surface area contributed by atoms with Crippen molar-refractivity contribution < 1.29 is 14.4 Å². The highest BCUT2D eigenvalue weighted by Crippen LogP contribution is 2.16. The van der Waals surface area contributed by atoms with E-state index in [0.29, 0.717) is 18.7 Å². The van der Waals surface area contributed by atoms with Crippen molar-refractivity contribution in [1.82, 2.24) is 15.8 Å². The van der Waals surface area contributed by atoms with E-state index >= 15 is 0 Å². The van der Waals surface area contributed by atoms with Gasteiger partial charge < -0.3 is 14.7 Å². The molecule has 1 aliphatic heterocycles. The lowest BCUT2D eigenvalue weighted by molar-refractivity contribution is -0.134. The predicted octanol–water partition coefficient (Wildman–Crippen LogP) is 1.64. The average molecular weight is 424 g/mol. The number of rotatable bonds is 6. The van der Waals surface area contributed by atoms with E-state index in [1.54, 1.807) is 17.0 Å². The van der Waals surface area contributed by atoms with Gasteiger partial charge in [0.15, 0.2) is 0 Å². The molecule has 2 aromatic rings. The third-order valence-corrected chi connectivity index (χ3v) is 5.28. The maximum atomic E-state index is 12.4. The van der Waals surface area contributed by atoms with E-state index < -0.39 is 11.8 Å². The number of nitrogens with one attached hydrogen (secondary N) is 2. The third kappa shape index (κ3) is 6.21. The first-order valence-electron chi connectivity index (χ1n) is 10.4. The van der Waals surface area contributed by atoms with E-state index in [4.69, 9.17) is 0 Å². The molecule has 3 rings (SSSR count). The number of hydrazine groups is 1. The Labute approximate surface area is 182 Å². The van der Waals surface area contributed by atoms with Crippen LogP contribution in [0, 0.1) is 0 Å². The second kappa shape index (κ2) is 10.5. The number of hydrogen-bond donors (Lipinski definition) is 2. The topological polar surface area (TPSA) is 85.0 Å². The standard InChI is InChI=1S/C23H29N5O3/c1-26(2)19-10-8-18(9-11-19)23(31)25-24-21(29)12-13-22(30)28-16-14-27(15-17-28)20-6-4-3-5-7-20/h3-11H,12-17H2,1-2H3,(H,24,29)(H,25,31). The molecule has 1 aliphatic rings. The Hall–Kier alpha value is -3.55. The molecule has 1 saturated heterocycles. The summed E-state index contributed by atoms with van der Waals surface area (Å²) in [6.45, 7) is 2.80. The van der Waals surface area contributed by atoms with Crippen LogP contribution in [0.4, 0.5) is 11.4 Å². The quantitative estimate of drug-likeness (QED) is 0.690. The van der Waals surface area contributed by atoms with Crippen LogP contribution >= 0.6 is 0 Å². The lowest BCUT2D eigenvalue weighted by Crippen LogP contribution is -2.49. The zero-order valence-electron chi connectivity index (χ0n) is 18.0. The minimum absolute atomic E-state index is 0.0254. The van der Waals surface area contributed by atoms with Gasteiger partial charge in [-0.15, -0.1) is 0 Å². The van der Waals surface area contributed by atoms with Gasteiger partial charge in [0.05, 0.1) is 0 Å². The molecule has 0 bridgehead atoms. The fourth-order valence-electron chi connectivity index (χ4n) is 3.40. The molecule has 8 heteroatoms. The number of anilines is 2. The summed E-state index contributed by atoms with van der Waals surface area (Å²) in [6.07, 6.45) is 0.141. The maximum Gasteiger partial charge on any atom is 0.269 e. The minimum Gasteiger partial charge on any atom is -0.378 e. The van der Waals surface area contributed by atoms with E-state index in [-0.39, 0.29) is 18.7 Å². The number of amides is 3. The fourth-order valence-corrected chi connectivity index (χ4v) is 3.40. The van der Waals surface area contributed by atoms with Gasteiger partial charge in [-0.2, -0.15) is 0 Å². The molecule has 0 radical (unpaired) electrons. The summed E-state index contributed by atoms with van der Waals surface area (Å²) in [6, 6.07) is 17.1. The molecule has 0 atom stereocenters. The Balaban J connectivity index is 1.36. The highest BCUT2D eigenvalue weighted by Gasteiger charge is 2.21. The molecule has 0 unspecified atom stereocenters. The summed E-state index contributed by atoms with van der Waals surface area (Å²) in [5.74, 6) is -0.843. The smallest absolute Gasteiger partial charge is 0.269 e. The molecule has 0 aromatic heterocycles. The van der Waals surface area contributed by atoms with Crippen LogP contribution in [0.3, 0.4) is 0 Å². The van der Waals surface area contributed by atoms with Crippen LogP contribution in [0.2, 0.25) is 0 Å². The van der Waals surface area contributed by atoms with Crippen molar-refractivity contribution in [3.63, 3.8) is 0 Å². The molecule has 2 aromatic carbocycles.